The van der Waals surface area contributed by atoms with Gasteiger partial charge >= 0.3 is 0 Å². The minimum absolute atomic E-state index is 0.0239. The van der Waals surface area contributed by atoms with E-state index in [9.17, 15) is 9.59 Å². The van der Waals surface area contributed by atoms with Gasteiger partial charge in [0.25, 0.3) is 5.91 Å². The molecular formula is C21H19N3O3. The zero-order valence-corrected chi connectivity index (χ0v) is 15.0. The number of ketones is 1. The van der Waals surface area contributed by atoms with Crippen molar-refractivity contribution in [3.8, 4) is 5.75 Å². The lowest BCUT2D eigenvalue weighted by atomic mass is 10.1. The molecule has 0 atom stereocenters. The molecular weight excluding hydrogens is 342 g/mol. The second-order valence-electron chi connectivity index (χ2n) is 5.88. The molecule has 2 N–H and O–H groups in total. The van der Waals surface area contributed by atoms with Crippen molar-refractivity contribution in [2.75, 3.05) is 17.7 Å². The normalized spacial score (nSPS) is 10.1. The van der Waals surface area contributed by atoms with Gasteiger partial charge in [-0.25, -0.2) is 4.98 Å². The summed E-state index contributed by atoms with van der Waals surface area (Å²) < 4.78 is 5.13. The Hall–Kier alpha value is -3.67. The molecule has 0 aliphatic rings. The number of nitrogens with one attached hydrogen (secondary N) is 2. The maximum atomic E-state index is 12.3. The summed E-state index contributed by atoms with van der Waals surface area (Å²) in [4.78, 5) is 27.9. The molecule has 0 spiro atoms. The van der Waals surface area contributed by atoms with Crippen LogP contribution < -0.4 is 15.4 Å². The van der Waals surface area contributed by atoms with E-state index in [1.54, 1.807) is 61.8 Å². The average molecular weight is 361 g/mol. The van der Waals surface area contributed by atoms with Crippen LogP contribution in [-0.4, -0.2) is 23.8 Å². The van der Waals surface area contributed by atoms with Gasteiger partial charge in [0.1, 0.15) is 11.6 Å². The van der Waals surface area contributed by atoms with Gasteiger partial charge < -0.3 is 15.4 Å². The number of ether oxygens (including phenoxy) is 1. The van der Waals surface area contributed by atoms with Crippen molar-refractivity contribution in [3.63, 3.8) is 0 Å². The molecule has 0 saturated carbocycles. The standard InChI is InChI=1S/C21H19N3O3/c1-14(25)15-6-8-17(9-7-15)23-20-11-10-18(13-22-20)24-21(26)16-4-3-5-19(12-16)27-2/h3-13H,1-2H3,(H,22,23)(H,24,26). The second kappa shape index (κ2) is 8.14. The summed E-state index contributed by atoms with van der Waals surface area (Å²) in [5, 5.41) is 5.94. The fourth-order valence-electron chi connectivity index (χ4n) is 2.45. The highest BCUT2D eigenvalue weighted by atomic mass is 16.5. The molecule has 1 aromatic heterocycles. The highest BCUT2D eigenvalue weighted by Crippen LogP contribution is 2.18. The zero-order valence-electron chi connectivity index (χ0n) is 15.0. The monoisotopic (exact) mass is 361 g/mol. The molecule has 1 heterocycles. The highest BCUT2D eigenvalue weighted by Gasteiger charge is 2.08. The number of anilines is 3. The first-order valence-corrected chi connectivity index (χ1v) is 8.34. The second-order valence-corrected chi connectivity index (χ2v) is 5.88. The van der Waals surface area contributed by atoms with Crippen molar-refractivity contribution >= 4 is 28.9 Å². The lowest BCUT2D eigenvalue weighted by Gasteiger charge is -2.09. The third kappa shape index (κ3) is 4.70. The summed E-state index contributed by atoms with van der Waals surface area (Å²) >= 11 is 0. The molecule has 6 nitrogen and oxygen atoms in total. The maximum Gasteiger partial charge on any atom is 0.255 e. The molecule has 0 aliphatic heterocycles. The number of hydrogen-bond acceptors (Lipinski definition) is 5. The van der Waals surface area contributed by atoms with Crippen LogP contribution in [0.3, 0.4) is 0 Å². The van der Waals surface area contributed by atoms with E-state index in [1.807, 2.05) is 12.1 Å². The molecule has 0 aliphatic carbocycles. The van der Waals surface area contributed by atoms with Gasteiger partial charge in [-0.15, -0.1) is 0 Å². The summed E-state index contributed by atoms with van der Waals surface area (Å²) in [5.74, 6) is 1.04. The fourth-order valence-corrected chi connectivity index (χ4v) is 2.45. The van der Waals surface area contributed by atoms with E-state index in [2.05, 4.69) is 15.6 Å². The first kappa shape index (κ1) is 18.1. The van der Waals surface area contributed by atoms with Crippen molar-refractivity contribution in [1.82, 2.24) is 4.98 Å². The maximum absolute atomic E-state index is 12.3. The Bertz CT molecular complexity index is 951. The topological polar surface area (TPSA) is 80.3 Å². The first-order chi connectivity index (χ1) is 13.0. The van der Waals surface area contributed by atoms with E-state index in [1.165, 1.54) is 6.92 Å². The summed E-state index contributed by atoms with van der Waals surface area (Å²) in [6.45, 7) is 1.53. The number of amides is 1. The lowest BCUT2D eigenvalue weighted by molar-refractivity contribution is 0.101. The number of hydrogen-bond donors (Lipinski definition) is 2. The molecule has 3 rings (SSSR count). The Labute approximate surface area is 157 Å². The predicted octanol–water partition coefficient (Wildman–Crippen LogP) is 4.29. The van der Waals surface area contributed by atoms with Crippen LogP contribution in [0.4, 0.5) is 17.2 Å². The Morgan fingerprint density at radius 1 is 0.926 bits per heavy atom. The van der Waals surface area contributed by atoms with E-state index in [-0.39, 0.29) is 11.7 Å². The molecule has 3 aromatic rings. The zero-order chi connectivity index (χ0) is 19.2. The fraction of sp³-hybridized carbons (Fsp3) is 0.0952. The van der Waals surface area contributed by atoms with Gasteiger partial charge in [-0.05, 0) is 61.5 Å². The first-order valence-electron chi connectivity index (χ1n) is 8.34. The van der Waals surface area contributed by atoms with Crippen LogP contribution in [0.2, 0.25) is 0 Å². The Morgan fingerprint density at radius 2 is 1.67 bits per heavy atom. The smallest absolute Gasteiger partial charge is 0.255 e. The van der Waals surface area contributed by atoms with E-state index < -0.39 is 0 Å². The SMILES string of the molecule is COc1cccc(C(=O)Nc2ccc(Nc3ccc(C(C)=O)cc3)nc2)c1. The van der Waals surface area contributed by atoms with E-state index in [4.69, 9.17) is 4.74 Å². The van der Waals surface area contributed by atoms with Gasteiger partial charge in [0.05, 0.1) is 19.0 Å². The number of pyridine rings is 1. The number of carbonyl (C=O) groups excluding carboxylic acids is 2. The van der Waals surface area contributed by atoms with Crippen molar-refractivity contribution < 1.29 is 14.3 Å². The molecule has 0 saturated heterocycles. The van der Waals surface area contributed by atoms with Crippen molar-refractivity contribution in [1.29, 1.82) is 0 Å². The van der Waals surface area contributed by atoms with Crippen LogP contribution in [0, 0.1) is 0 Å². The Kier molecular flexibility index (Phi) is 5.47. The van der Waals surface area contributed by atoms with Crippen LogP contribution >= 0.6 is 0 Å². The quantitative estimate of drug-likeness (QED) is 0.640. The van der Waals surface area contributed by atoms with Gasteiger partial charge in [0, 0.05) is 16.8 Å². The third-order valence-electron chi connectivity index (χ3n) is 3.92. The molecule has 6 heteroatoms. The Balaban J connectivity index is 1.64. The summed E-state index contributed by atoms with van der Waals surface area (Å²) in [6, 6.07) is 17.6. The van der Waals surface area contributed by atoms with E-state index >= 15 is 0 Å². The van der Waals surface area contributed by atoms with Crippen LogP contribution in [0.5, 0.6) is 5.75 Å². The molecule has 27 heavy (non-hydrogen) atoms. The molecule has 2 aromatic carbocycles. The molecule has 0 radical (unpaired) electrons. The lowest BCUT2D eigenvalue weighted by Crippen LogP contribution is -2.12. The summed E-state index contributed by atoms with van der Waals surface area (Å²) in [7, 11) is 1.56. The molecule has 0 unspecified atom stereocenters. The van der Waals surface area contributed by atoms with Crippen LogP contribution in [0.1, 0.15) is 27.6 Å². The number of Topliss-reactive ketones (excluding diaryl/α,β-unsaturated/α-hetero) is 1. The number of methoxy groups -OCH3 is 1. The predicted molar refractivity (Wildman–Crippen MR) is 105 cm³/mol. The summed E-state index contributed by atoms with van der Waals surface area (Å²) in [6.07, 6.45) is 1.57. The van der Waals surface area contributed by atoms with Gasteiger partial charge in [0.15, 0.2) is 5.78 Å². The number of benzene rings is 2. The molecule has 1 amide bonds. The van der Waals surface area contributed by atoms with Crippen LogP contribution in [-0.2, 0) is 0 Å². The van der Waals surface area contributed by atoms with Crippen molar-refractivity contribution in [3.05, 3.63) is 78.0 Å². The van der Waals surface area contributed by atoms with E-state index in [0.717, 1.165) is 5.69 Å². The van der Waals surface area contributed by atoms with Crippen LogP contribution in [0.25, 0.3) is 0 Å². The minimum atomic E-state index is -0.240. The minimum Gasteiger partial charge on any atom is -0.497 e. The number of carbonyl (C=O) groups is 2. The molecule has 0 fully saturated rings. The Morgan fingerprint density at radius 3 is 2.30 bits per heavy atom. The van der Waals surface area contributed by atoms with Crippen molar-refractivity contribution in [2.45, 2.75) is 6.92 Å². The summed E-state index contributed by atoms with van der Waals surface area (Å²) in [5.41, 5.74) is 2.56. The average Bonchev–Trinajstić information content (AvgIpc) is 2.70. The van der Waals surface area contributed by atoms with Gasteiger partial charge in [-0.1, -0.05) is 6.07 Å². The van der Waals surface area contributed by atoms with Gasteiger partial charge in [-0.3, -0.25) is 9.59 Å². The third-order valence-corrected chi connectivity index (χ3v) is 3.92. The van der Waals surface area contributed by atoms with Crippen LogP contribution in [0.15, 0.2) is 66.9 Å². The van der Waals surface area contributed by atoms with Crippen molar-refractivity contribution in [2.24, 2.45) is 0 Å². The van der Waals surface area contributed by atoms with Gasteiger partial charge in [-0.2, -0.15) is 0 Å². The number of aromatic nitrogens is 1. The van der Waals surface area contributed by atoms with Gasteiger partial charge in [0.2, 0.25) is 0 Å². The number of rotatable bonds is 6. The molecule has 0 bridgehead atoms. The largest absolute Gasteiger partial charge is 0.497 e. The highest BCUT2D eigenvalue weighted by molar-refractivity contribution is 6.04. The molecule has 136 valence electrons. The van der Waals surface area contributed by atoms with E-state index in [0.29, 0.717) is 28.4 Å². The number of nitrogens with zero attached hydrogens (tertiary/aromatic N) is 1.